The second-order valence-electron chi connectivity index (χ2n) is 7.04. The van der Waals surface area contributed by atoms with Gasteiger partial charge in [0.05, 0.1) is 11.4 Å². The van der Waals surface area contributed by atoms with Crippen LogP contribution in [0, 0.1) is 11.7 Å². The maximum Gasteiger partial charge on any atom is 0.273 e. The van der Waals surface area contributed by atoms with Gasteiger partial charge in [0, 0.05) is 24.2 Å². The van der Waals surface area contributed by atoms with Gasteiger partial charge in [0.2, 0.25) is 5.91 Å². The van der Waals surface area contributed by atoms with Gasteiger partial charge in [-0.25, -0.2) is 9.37 Å². The molecule has 2 heterocycles. The summed E-state index contributed by atoms with van der Waals surface area (Å²) in [6.45, 7) is 1.03. The van der Waals surface area contributed by atoms with E-state index in [4.69, 9.17) is 0 Å². The Bertz CT molecular complexity index is 1010. The quantitative estimate of drug-likeness (QED) is 0.693. The number of carbonyl (C=O) groups excluding carboxylic acids is 2. The number of amides is 2. The molecular formula is C22H20FN3O2S. The van der Waals surface area contributed by atoms with Crippen LogP contribution in [0.1, 0.15) is 23.3 Å². The van der Waals surface area contributed by atoms with Crippen LogP contribution in [0.2, 0.25) is 0 Å². The number of halogens is 1. The van der Waals surface area contributed by atoms with E-state index in [-0.39, 0.29) is 23.5 Å². The normalized spacial score (nSPS) is 16.4. The van der Waals surface area contributed by atoms with Gasteiger partial charge in [-0.15, -0.1) is 11.3 Å². The van der Waals surface area contributed by atoms with Crippen LogP contribution in [0.25, 0.3) is 11.1 Å². The van der Waals surface area contributed by atoms with Crippen molar-refractivity contribution >= 4 is 28.8 Å². The molecule has 1 aromatic heterocycles. The number of nitrogens with zero attached hydrogens (tertiary/aromatic N) is 2. The van der Waals surface area contributed by atoms with Crippen LogP contribution >= 0.6 is 11.3 Å². The average molecular weight is 409 g/mol. The van der Waals surface area contributed by atoms with Crippen LogP contribution in [-0.4, -0.2) is 34.8 Å². The molecule has 1 N–H and O–H groups in total. The number of anilines is 1. The second kappa shape index (κ2) is 8.53. The van der Waals surface area contributed by atoms with Crippen LogP contribution in [0.3, 0.4) is 0 Å². The molecule has 29 heavy (non-hydrogen) atoms. The van der Waals surface area contributed by atoms with Crippen molar-refractivity contribution in [1.29, 1.82) is 0 Å². The predicted molar refractivity (Wildman–Crippen MR) is 111 cm³/mol. The van der Waals surface area contributed by atoms with Gasteiger partial charge in [-0.1, -0.05) is 24.3 Å². The van der Waals surface area contributed by atoms with Crippen molar-refractivity contribution in [2.75, 3.05) is 18.4 Å². The SMILES string of the molecule is O=C(Nc1ccc(-c2cccc(F)c2)cc1)[C@H]1CCCN(C(=O)c2cscn2)C1. The van der Waals surface area contributed by atoms with Crippen molar-refractivity contribution in [3.05, 3.63) is 70.9 Å². The van der Waals surface area contributed by atoms with E-state index in [0.717, 1.165) is 24.0 Å². The largest absolute Gasteiger partial charge is 0.336 e. The Morgan fingerprint density at radius 3 is 2.69 bits per heavy atom. The number of carbonyl (C=O) groups is 2. The minimum atomic E-state index is -0.283. The molecule has 0 unspecified atom stereocenters. The Labute approximate surface area is 172 Å². The van der Waals surface area contributed by atoms with Crippen molar-refractivity contribution in [3.8, 4) is 11.1 Å². The maximum absolute atomic E-state index is 13.4. The molecule has 0 aliphatic carbocycles. The van der Waals surface area contributed by atoms with Gasteiger partial charge in [-0.2, -0.15) is 0 Å². The highest BCUT2D eigenvalue weighted by Crippen LogP contribution is 2.24. The van der Waals surface area contributed by atoms with E-state index in [1.807, 2.05) is 18.2 Å². The van der Waals surface area contributed by atoms with Crippen molar-refractivity contribution in [1.82, 2.24) is 9.88 Å². The molecule has 2 amide bonds. The third-order valence-corrected chi connectivity index (χ3v) is 5.63. The van der Waals surface area contributed by atoms with Crippen LogP contribution in [0.4, 0.5) is 10.1 Å². The van der Waals surface area contributed by atoms with Gasteiger partial charge < -0.3 is 10.2 Å². The molecule has 148 valence electrons. The average Bonchev–Trinajstić information content (AvgIpc) is 3.29. The lowest BCUT2D eigenvalue weighted by Gasteiger charge is -2.31. The highest BCUT2D eigenvalue weighted by atomic mass is 32.1. The lowest BCUT2D eigenvalue weighted by atomic mass is 9.96. The number of thiazole rings is 1. The Balaban J connectivity index is 1.39. The predicted octanol–water partition coefficient (Wildman–Crippen LogP) is 4.44. The van der Waals surface area contributed by atoms with Crippen LogP contribution < -0.4 is 5.32 Å². The van der Waals surface area contributed by atoms with Crippen molar-refractivity contribution in [3.63, 3.8) is 0 Å². The molecule has 4 rings (SSSR count). The first kappa shape index (κ1) is 19.3. The topological polar surface area (TPSA) is 62.3 Å². The molecule has 1 aliphatic rings. The number of benzene rings is 2. The number of rotatable bonds is 4. The number of nitrogens with one attached hydrogen (secondary N) is 1. The minimum Gasteiger partial charge on any atom is -0.336 e. The Kier molecular flexibility index (Phi) is 5.67. The summed E-state index contributed by atoms with van der Waals surface area (Å²) in [5, 5.41) is 4.66. The zero-order valence-corrected chi connectivity index (χ0v) is 16.5. The zero-order chi connectivity index (χ0) is 20.2. The summed E-state index contributed by atoms with van der Waals surface area (Å²) in [6.07, 6.45) is 1.53. The molecule has 1 atom stereocenters. The first-order valence-electron chi connectivity index (χ1n) is 9.44. The van der Waals surface area contributed by atoms with Crippen molar-refractivity contribution in [2.45, 2.75) is 12.8 Å². The van der Waals surface area contributed by atoms with E-state index in [1.165, 1.54) is 23.5 Å². The van der Waals surface area contributed by atoms with Crippen molar-refractivity contribution < 1.29 is 14.0 Å². The molecule has 1 fully saturated rings. The fourth-order valence-electron chi connectivity index (χ4n) is 3.51. The van der Waals surface area contributed by atoms with Gasteiger partial charge in [-0.05, 0) is 48.2 Å². The molecule has 1 aliphatic heterocycles. The molecule has 0 saturated carbocycles. The number of piperidine rings is 1. The van der Waals surface area contributed by atoms with Gasteiger partial charge in [-0.3, -0.25) is 9.59 Å². The van der Waals surface area contributed by atoms with Gasteiger partial charge in [0.1, 0.15) is 11.5 Å². The highest BCUT2D eigenvalue weighted by molar-refractivity contribution is 7.07. The van der Waals surface area contributed by atoms with Crippen LogP contribution in [-0.2, 0) is 4.79 Å². The van der Waals surface area contributed by atoms with Gasteiger partial charge >= 0.3 is 0 Å². The monoisotopic (exact) mass is 409 g/mol. The first-order chi connectivity index (χ1) is 14.1. The molecule has 5 nitrogen and oxygen atoms in total. The third kappa shape index (κ3) is 4.51. The van der Waals surface area contributed by atoms with E-state index < -0.39 is 0 Å². The summed E-state index contributed by atoms with van der Waals surface area (Å²) in [5.41, 5.74) is 4.41. The first-order valence-corrected chi connectivity index (χ1v) is 10.4. The smallest absolute Gasteiger partial charge is 0.273 e. The van der Waals surface area contributed by atoms with Gasteiger partial charge in [0.15, 0.2) is 0 Å². The van der Waals surface area contributed by atoms with Crippen molar-refractivity contribution in [2.24, 2.45) is 5.92 Å². The summed E-state index contributed by atoms with van der Waals surface area (Å²) in [6, 6.07) is 13.7. The number of aromatic nitrogens is 1. The summed E-state index contributed by atoms with van der Waals surface area (Å²) < 4.78 is 13.4. The molecule has 7 heteroatoms. The Morgan fingerprint density at radius 1 is 1.14 bits per heavy atom. The molecule has 0 radical (unpaired) electrons. The highest BCUT2D eigenvalue weighted by Gasteiger charge is 2.29. The van der Waals surface area contributed by atoms with E-state index in [0.29, 0.717) is 24.5 Å². The minimum absolute atomic E-state index is 0.0979. The fourth-order valence-corrected chi connectivity index (χ4v) is 4.04. The summed E-state index contributed by atoms with van der Waals surface area (Å²) in [5.74, 6) is -0.759. The Morgan fingerprint density at radius 2 is 1.97 bits per heavy atom. The lowest BCUT2D eigenvalue weighted by Crippen LogP contribution is -2.43. The summed E-state index contributed by atoms with van der Waals surface area (Å²) in [4.78, 5) is 31.0. The molecule has 0 bridgehead atoms. The standard InChI is InChI=1S/C22H20FN3O2S/c23-18-5-1-3-16(11-18)15-6-8-19(9-7-15)25-21(27)17-4-2-10-26(12-17)22(28)20-13-29-14-24-20/h1,3,5-9,11,13-14,17H,2,4,10,12H2,(H,25,27)/t17-/m0/s1. The van der Waals surface area contributed by atoms with E-state index >= 15 is 0 Å². The fraction of sp³-hybridized carbons (Fsp3) is 0.227. The van der Waals surface area contributed by atoms with E-state index in [2.05, 4.69) is 10.3 Å². The molecule has 1 saturated heterocycles. The molecule has 3 aromatic rings. The van der Waals surface area contributed by atoms with E-state index in [9.17, 15) is 14.0 Å². The summed E-state index contributed by atoms with van der Waals surface area (Å²) >= 11 is 1.38. The number of hydrogen-bond acceptors (Lipinski definition) is 4. The number of likely N-dealkylation sites (tertiary alicyclic amines) is 1. The lowest BCUT2D eigenvalue weighted by molar-refractivity contribution is -0.121. The molecule has 2 aromatic carbocycles. The summed E-state index contributed by atoms with van der Waals surface area (Å²) in [7, 11) is 0. The van der Waals surface area contributed by atoms with Crippen LogP contribution in [0.15, 0.2) is 59.4 Å². The van der Waals surface area contributed by atoms with Gasteiger partial charge in [0.25, 0.3) is 5.91 Å². The maximum atomic E-state index is 13.4. The zero-order valence-electron chi connectivity index (χ0n) is 15.7. The van der Waals surface area contributed by atoms with Crippen LogP contribution in [0.5, 0.6) is 0 Å². The molecule has 0 spiro atoms. The second-order valence-corrected chi connectivity index (χ2v) is 7.76. The molecular weight excluding hydrogens is 389 g/mol. The Hall–Kier alpha value is -3.06. The third-order valence-electron chi connectivity index (χ3n) is 5.04. The van der Waals surface area contributed by atoms with E-state index in [1.54, 1.807) is 34.0 Å². The number of hydrogen-bond donors (Lipinski definition) is 1.